The van der Waals surface area contributed by atoms with Crippen molar-refractivity contribution in [3.63, 3.8) is 0 Å². The van der Waals surface area contributed by atoms with Crippen LogP contribution in [0.2, 0.25) is 0 Å². The first-order valence-corrected chi connectivity index (χ1v) is 8.76. The lowest BCUT2D eigenvalue weighted by Gasteiger charge is -2.13. The molecule has 2 aliphatic rings. The quantitative estimate of drug-likeness (QED) is 0.710. The van der Waals surface area contributed by atoms with Gasteiger partial charge in [-0.2, -0.15) is 0 Å². The van der Waals surface area contributed by atoms with Gasteiger partial charge in [0.25, 0.3) is 0 Å². The number of para-hydroxylation sites is 2. The summed E-state index contributed by atoms with van der Waals surface area (Å²) in [7, 11) is -1.08. The van der Waals surface area contributed by atoms with Gasteiger partial charge in [-0.05, 0) is 24.3 Å². The molecule has 0 amide bonds. The van der Waals surface area contributed by atoms with Crippen molar-refractivity contribution in [1.29, 1.82) is 0 Å². The van der Waals surface area contributed by atoms with Crippen LogP contribution in [0.4, 0.5) is 0 Å². The Hall–Kier alpha value is -1.99. The highest BCUT2D eigenvalue weighted by Crippen LogP contribution is 2.20. The summed E-state index contributed by atoms with van der Waals surface area (Å²) in [5, 5.41) is 0. The van der Waals surface area contributed by atoms with Crippen molar-refractivity contribution in [3.8, 4) is 11.5 Å². The fraction of sp³-hybridized carbons (Fsp3) is 0.333. The summed E-state index contributed by atoms with van der Waals surface area (Å²) in [5.41, 5.74) is 0. The average Bonchev–Trinajstić information content (AvgIpc) is 3.36. The maximum atomic E-state index is 5.84. The maximum absolute atomic E-state index is 5.84. The van der Waals surface area contributed by atoms with Crippen LogP contribution in [0.1, 0.15) is 0 Å². The number of benzene rings is 2. The second-order valence-corrected chi connectivity index (χ2v) is 6.17. The van der Waals surface area contributed by atoms with Gasteiger partial charge < -0.3 is 28.1 Å². The van der Waals surface area contributed by atoms with E-state index in [-0.39, 0.29) is 12.2 Å². The van der Waals surface area contributed by atoms with Crippen LogP contribution in [-0.4, -0.2) is 52.7 Å². The van der Waals surface area contributed by atoms with Crippen molar-refractivity contribution < 1.29 is 28.1 Å². The van der Waals surface area contributed by atoms with Crippen molar-refractivity contribution >= 4 is 14.0 Å². The first-order valence-electron chi connectivity index (χ1n) is 8.76. The molecule has 26 heavy (non-hydrogen) atoms. The topological polar surface area (TPSA) is 55.4 Å². The van der Waals surface area contributed by atoms with Gasteiger partial charge in [-0.15, -0.1) is 0 Å². The van der Waals surface area contributed by atoms with E-state index in [2.05, 4.69) is 0 Å². The molecular weight excluding hydrogens is 334 g/mol. The van der Waals surface area contributed by atoms with Crippen LogP contribution in [0.15, 0.2) is 60.7 Å². The highest BCUT2D eigenvalue weighted by atomic mass is 16.7. The highest BCUT2D eigenvalue weighted by molar-refractivity contribution is 7.11. The number of hydrogen-bond donors (Lipinski definition) is 0. The second kappa shape index (κ2) is 8.60. The van der Waals surface area contributed by atoms with Crippen LogP contribution in [0.25, 0.3) is 0 Å². The molecule has 8 heteroatoms. The van der Waals surface area contributed by atoms with Gasteiger partial charge in [0.15, 0.2) is 0 Å². The molecule has 0 aromatic heterocycles. The van der Waals surface area contributed by atoms with Crippen LogP contribution < -0.4 is 9.47 Å². The molecule has 0 spiro atoms. The van der Waals surface area contributed by atoms with E-state index in [1.54, 1.807) is 0 Å². The Bertz CT molecular complexity index is 614. The lowest BCUT2D eigenvalue weighted by Crippen LogP contribution is -2.40. The lowest BCUT2D eigenvalue weighted by molar-refractivity contribution is 0.143. The zero-order valence-corrected chi connectivity index (χ0v) is 14.4. The fourth-order valence-corrected chi connectivity index (χ4v) is 2.81. The number of hydrogen-bond acceptors (Lipinski definition) is 6. The standard InChI is InChI=1S/C18H20B2O6/c1-3-7-15(8-4-1)21-11-17-13-23-19(25-17)20-24-14-18(26-20)12-22-16-9-5-2-6-10-16/h1-10,17-18H,11-14H2. The third-order valence-corrected chi connectivity index (χ3v) is 4.13. The molecule has 0 bridgehead atoms. The maximum Gasteiger partial charge on any atom is 0.488 e. The van der Waals surface area contributed by atoms with E-state index in [4.69, 9.17) is 28.1 Å². The second-order valence-electron chi connectivity index (χ2n) is 6.17. The lowest BCUT2D eigenvalue weighted by atomic mass is 9.49. The minimum absolute atomic E-state index is 0.146. The summed E-state index contributed by atoms with van der Waals surface area (Å²) in [6, 6.07) is 19.3. The van der Waals surface area contributed by atoms with E-state index in [1.165, 1.54) is 0 Å². The third kappa shape index (κ3) is 4.59. The molecule has 6 nitrogen and oxygen atoms in total. The van der Waals surface area contributed by atoms with E-state index in [9.17, 15) is 0 Å². The Labute approximate surface area is 153 Å². The van der Waals surface area contributed by atoms with Gasteiger partial charge in [-0.3, -0.25) is 0 Å². The zero-order chi connectivity index (χ0) is 17.6. The molecule has 2 saturated heterocycles. The Balaban J connectivity index is 1.19. The molecule has 2 aromatic rings. The molecule has 134 valence electrons. The smallest absolute Gasteiger partial charge is 0.488 e. The molecular formula is C18H20B2O6. The molecule has 2 unspecified atom stereocenters. The predicted octanol–water partition coefficient (Wildman–Crippen LogP) is 2.03. The molecule has 0 aliphatic carbocycles. The number of rotatable bonds is 7. The van der Waals surface area contributed by atoms with Crippen molar-refractivity contribution in [3.05, 3.63) is 60.7 Å². The molecule has 2 aliphatic heterocycles. The molecule has 2 heterocycles. The van der Waals surface area contributed by atoms with Gasteiger partial charge >= 0.3 is 14.0 Å². The summed E-state index contributed by atoms with van der Waals surface area (Å²) in [6.07, 6.45) is -0.293. The summed E-state index contributed by atoms with van der Waals surface area (Å²) < 4.78 is 34.4. The van der Waals surface area contributed by atoms with Crippen molar-refractivity contribution in [2.45, 2.75) is 12.2 Å². The number of ether oxygens (including phenoxy) is 2. The predicted molar refractivity (Wildman–Crippen MR) is 97.0 cm³/mol. The van der Waals surface area contributed by atoms with Crippen LogP contribution in [0.3, 0.4) is 0 Å². The largest absolute Gasteiger partial charge is 0.491 e. The van der Waals surface area contributed by atoms with Crippen molar-refractivity contribution in [2.24, 2.45) is 0 Å². The molecule has 0 radical (unpaired) electrons. The fourth-order valence-electron chi connectivity index (χ4n) is 2.81. The van der Waals surface area contributed by atoms with E-state index in [1.807, 2.05) is 60.7 Å². The van der Waals surface area contributed by atoms with Gasteiger partial charge in [0.2, 0.25) is 0 Å². The van der Waals surface area contributed by atoms with Gasteiger partial charge in [0.05, 0.1) is 25.4 Å². The Morgan fingerprint density at radius 3 is 1.54 bits per heavy atom. The average molecular weight is 354 g/mol. The van der Waals surface area contributed by atoms with Crippen LogP contribution in [-0.2, 0) is 18.6 Å². The Morgan fingerprint density at radius 2 is 1.12 bits per heavy atom. The van der Waals surface area contributed by atoms with Crippen LogP contribution in [0, 0.1) is 0 Å². The summed E-state index contributed by atoms with van der Waals surface area (Å²) in [6.45, 7) is 1.75. The van der Waals surface area contributed by atoms with Crippen LogP contribution in [0.5, 0.6) is 11.5 Å². The molecule has 0 N–H and O–H groups in total. The summed E-state index contributed by atoms with van der Waals surface area (Å²) in [5.74, 6) is 1.62. The minimum atomic E-state index is -0.541. The third-order valence-electron chi connectivity index (χ3n) is 4.13. The summed E-state index contributed by atoms with van der Waals surface area (Å²) in [4.78, 5) is 0. The zero-order valence-electron chi connectivity index (χ0n) is 14.4. The summed E-state index contributed by atoms with van der Waals surface area (Å²) >= 11 is 0. The van der Waals surface area contributed by atoms with E-state index in [0.717, 1.165) is 11.5 Å². The molecule has 2 aromatic carbocycles. The van der Waals surface area contributed by atoms with E-state index >= 15 is 0 Å². The first kappa shape index (κ1) is 17.4. The molecule has 2 fully saturated rings. The Morgan fingerprint density at radius 1 is 0.692 bits per heavy atom. The molecule has 4 rings (SSSR count). The Kier molecular flexibility index (Phi) is 5.76. The van der Waals surface area contributed by atoms with E-state index in [0.29, 0.717) is 26.4 Å². The normalized spacial score (nSPS) is 22.6. The van der Waals surface area contributed by atoms with E-state index < -0.39 is 14.0 Å². The van der Waals surface area contributed by atoms with Gasteiger partial charge in [-0.1, -0.05) is 36.4 Å². The minimum Gasteiger partial charge on any atom is -0.491 e. The SMILES string of the molecule is c1ccc(OCC2COB(B3OCC(COc4ccccc4)O3)O2)cc1. The van der Waals surface area contributed by atoms with Gasteiger partial charge in [0, 0.05) is 0 Å². The van der Waals surface area contributed by atoms with Gasteiger partial charge in [0.1, 0.15) is 24.7 Å². The van der Waals surface area contributed by atoms with Crippen LogP contribution >= 0.6 is 0 Å². The van der Waals surface area contributed by atoms with Crippen molar-refractivity contribution in [2.75, 3.05) is 26.4 Å². The highest BCUT2D eigenvalue weighted by Gasteiger charge is 2.49. The molecule has 2 atom stereocenters. The first-order chi connectivity index (χ1) is 12.9. The van der Waals surface area contributed by atoms with Gasteiger partial charge in [-0.25, -0.2) is 0 Å². The molecule has 0 saturated carbocycles. The van der Waals surface area contributed by atoms with Crippen molar-refractivity contribution in [1.82, 2.24) is 0 Å². The monoisotopic (exact) mass is 354 g/mol.